The number of methoxy groups -OCH3 is 1. The summed E-state index contributed by atoms with van der Waals surface area (Å²) < 4.78 is 4.63. The summed E-state index contributed by atoms with van der Waals surface area (Å²) >= 11 is 0. The van der Waals surface area contributed by atoms with Gasteiger partial charge in [-0.25, -0.2) is 4.79 Å². The normalized spacial score (nSPS) is 9.96. The number of amides is 1. The second-order valence-corrected chi connectivity index (χ2v) is 5.01. The Hall–Kier alpha value is -2.82. The molecule has 0 saturated carbocycles. The summed E-state index contributed by atoms with van der Waals surface area (Å²) in [6, 6.07) is 16.8. The van der Waals surface area contributed by atoms with E-state index in [4.69, 9.17) is 0 Å². The fraction of sp³-hybridized carbons (Fsp3) is 0.222. The van der Waals surface area contributed by atoms with Gasteiger partial charge in [0, 0.05) is 12.2 Å². The topological polar surface area (TPSA) is 67.4 Å². The van der Waals surface area contributed by atoms with Gasteiger partial charge in [-0.05, 0) is 36.2 Å². The van der Waals surface area contributed by atoms with Crippen LogP contribution in [-0.4, -0.2) is 32.1 Å². The Bertz CT molecular complexity index is 639. The lowest BCUT2D eigenvalue weighted by Crippen LogP contribution is -2.31. The summed E-state index contributed by atoms with van der Waals surface area (Å²) in [6.45, 7) is 0.790. The third kappa shape index (κ3) is 5.47. The molecule has 0 spiro atoms. The minimum absolute atomic E-state index is 0.0713. The van der Waals surface area contributed by atoms with Gasteiger partial charge in [-0.3, -0.25) is 4.79 Å². The molecule has 0 aliphatic heterocycles. The minimum Gasteiger partial charge on any atom is -0.465 e. The Morgan fingerprint density at radius 2 is 1.70 bits per heavy atom. The largest absolute Gasteiger partial charge is 0.465 e. The molecule has 0 bridgehead atoms. The lowest BCUT2D eigenvalue weighted by molar-refractivity contribution is -0.119. The van der Waals surface area contributed by atoms with Crippen molar-refractivity contribution in [3.63, 3.8) is 0 Å². The van der Waals surface area contributed by atoms with Crippen molar-refractivity contribution in [3.05, 3.63) is 65.7 Å². The van der Waals surface area contributed by atoms with Crippen LogP contribution in [-0.2, 0) is 16.0 Å². The zero-order valence-corrected chi connectivity index (χ0v) is 13.0. The van der Waals surface area contributed by atoms with Crippen LogP contribution in [0, 0.1) is 0 Å². The monoisotopic (exact) mass is 312 g/mol. The van der Waals surface area contributed by atoms with Crippen LogP contribution in [0.2, 0.25) is 0 Å². The molecule has 2 aromatic carbocycles. The number of benzene rings is 2. The van der Waals surface area contributed by atoms with Gasteiger partial charge in [-0.15, -0.1) is 0 Å². The Morgan fingerprint density at radius 1 is 1.00 bits per heavy atom. The number of carbonyl (C=O) groups excluding carboxylic acids is 2. The van der Waals surface area contributed by atoms with Crippen molar-refractivity contribution in [2.45, 2.75) is 6.42 Å². The summed E-state index contributed by atoms with van der Waals surface area (Å²) in [7, 11) is 1.34. The standard InChI is InChI=1S/C18H20N2O3/c1-23-18(22)15-7-9-16(10-8-15)20-13-17(21)19-12-11-14-5-3-2-4-6-14/h2-10,20H,11-13H2,1H3,(H,19,21). The highest BCUT2D eigenvalue weighted by molar-refractivity contribution is 5.89. The Morgan fingerprint density at radius 3 is 2.35 bits per heavy atom. The lowest BCUT2D eigenvalue weighted by Gasteiger charge is -2.08. The van der Waals surface area contributed by atoms with Crippen LogP contribution in [0.5, 0.6) is 0 Å². The van der Waals surface area contributed by atoms with Crippen LogP contribution in [0.4, 0.5) is 5.69 Å². The van der Waals surface area contributed by atoms with Crippen molar-refractivity contribution < 1.29 is 14.3 Å². The van der Waals surface area contributed by atoms with E-state index in [0.717, 1.165) is 12.1 Å². The first-order valence-electron chi connectivity index (χ1n) is 7.42. The van der Waals surface area contributed by atoms with Gasteiger partial charge in [-0.1, -0.05) is 30.3 Å². The van der Waals surface area contributed by atoms with E-state index in [1.165, 1.54) is 12.7 Å². The molecule has 1 amide bonds. The molecule has 5 nitrogen and oxygen atoms in total. The predicted octanol–water partition coefficient (Wildman–Crippen LogP) is 2.24. The number of nitrogens with one attached hydrogen (secondary N) is 2. The van der Waals surface area contributed by atoms with Crippen LogP contribution in [0.15, 0.2) is 54.6 Å². The number of carbonyl (C=O) groups is 2. The van der Waals surface area contributed by atoms with Crippen molar-refractivity contribution in [2.75, 3.05) is 25.5 Å². The number of hydrogen-bond acceptors (Lipinski definition) is 4. The maximum atomic E-state index is 11.8. The van der Waals surface area contributed by atoms with Crippen LogP contribution in [0.25, 0.3) is 0 Å². The van der Waals surface area contributed by atoms with Crippen LogP contribution in [0.1, 0.15) is 15.9 Å². The zero-order chi connectivity index (χ0) is 16.5. The molecule has 0 heterocycles. The molecule has 0 radical (unpaired) electrons. The van der Waals surface area contributed by atoms with Gasteiger partial charge < -0.3 is 15.4 Å². The SMILES string of the molecule is COC(=O)c1ccc(NCC(=O)NCCc2ccccc2)cc1. The van der Waals surface area contributed by atoms with Crippen molar-refractivity contribution in [3.8, 4) is 0 Å². The average Bonchev–Trinajstić information content (AvgIpc) is 2.60. The first-order valence-corrected chi connectivity index (χ1v) is 7.42. The Labute approximate surface area is 135 Å². The summed E-state index contributed by atoms with van der Waals surface area (Å²) in [5.74, 6) is -0.451. The highest BCUT2D eigenvalue weighted by atomic mass is 16.5. The van der Waals surface area contributed by atoms with Crippen LogP contribution >= 0.6 is 0 Å². The number of anilines is 1. The van der Waals surface area contributed by atoms with Gasteiger partial charge in [0.2, 0.25) is 5.91 Å². The molecule has 120 valence electrons. The molecule has 2 aromatic rings. The molecule has 0 unspecified atom stereocenters. The van der Waals surface area contributed by atoms with E-state index in [1.807, 2.05) is 30.3 Å². The van der Waals surface area contributed by atoms with E-state index in [0.29, 0.717) is 12.1 Å². The van der Waals surface area contributed by atoms with Gasteiger partial charge in [0.15, 0.2) is 0 Å². The fourth-order valence-corrected chi connectivity index (χ4v) is 2.08. The molecule has 0 aliphatic carbocycles. The van der Waals surface area contributed by atoms with E-state index >= 15 is 0 Å². The fourth-order valence-electron chi connectivity index (χ4n) is 2.08. The van der Waals surface area contributed by atoms with Crippen molar-refractivity contribution >= 4 is 17.6 Å². The quantitative estimate of drug-likeness (QED) is 0.770. The van der Waals surface area contributed by atoms with Crippen LogP contribution in [0.3, 0.4) is 0 Å². The molecular weight excluding hydrogens is 292 g/mol. The highest BCUT2D eigenvalue weighted by Gasteiger charge is 2.05. The molecule has 0 atom stereocenters. The van der Waals surface area contributed by atoms with Gasteiger partial charge in [0.25, 0.3) is 0 Å². The van der Waals surface area contributed by atoms with Gasteiger partial charge in [0.1, 0.15) is 0 Å². The molecule has 0 aliphatic rings. The Balaban J connectivity index is 1.70. The molecule has 5 heteroatoms. The van der Waals surface area contributed by atoms with E-state index < -0.39 is 0 Å². The molecular formula is C18H20N2O3. The smallest absolute Gasteiger partial charge is 0.337 e. The summed E-state index contributed by atoms with van der Waals surface area (Å²) in [5.41, 5.74) is 2.44. The molecule has 23 heavy (non-hydrogen) atoms. The highest BCUT2D eigenvalue weighted by Crippen LogP contribution is 2.09. The molecule has 2 rings (SSSR count). The van der Waals surface area contributed by atoms with Crippen molar-refractivity contribution in [2.24, 2.45) is 0 Å². The average molecular weight is 312 g/mol. The maximum absolute atomic E-state index is 11.8. The van der Waals surface area contributed by atoms with E-state index in [-0.39, 0.29) is 18.4 Å². The number of esters is 1. The number of ether oxygens (including phenoxy) is 1. The van der Waals surface area contributed by atoms with Crippen LogP contribution < -0.4 is 10.6 Å². The van der Waals surface area contributed by atoms with Gasteiger partial charge >= 0.3 is 5.97 Å². The third-order valence-corrected chi connectivity index (χ3v) is 3.34. The van der Waals surface area contributed by atoms with Crippen molar-refractivity contribution in [1.82, 2.24) is 5.32 Å². The summed E-state index contributed by atoms with van der Waals surface area (Å²) in [5, 5.41) is 5.88. The summed E-state index contributed by atoms with van der Waals surface area (Å²) in [4.78, 5) is 23.1. The van der Waals surface area contributed by atoms with Crippen molar-refractivity contribution in [1.29, 1.82) is 0 Å². The molecule has 0 aromatic heterocycles. The predicted molar refractivity (Wildman–Crippen MR) is 89.4 cm³/mol. The summed E-state index contributed by atoms with van der Waals surface area (Å²) in [6.07, 6.45) is 0.806. The lowest BCUT2D eigenvalue weighted by atomic mass is 10.1. The number of hydrogen-bond donors (Lipinski definition) is 2. The number of rotatable bonds is 7. The minimum atomic E-state index is -0.379. The van der Waals surface area contributed by atoms with E-state index in [1.54, 1.807) is 24.3 Å². The Kier molecular flexibility index (Phi) is 6.17. The second-order valence-electron chi connectivity index (χ2n) is 5.01. The maximum Gasteiger partial charge on any atom is 0.337 e. The first kappa shape index (κ1) is 16.5. The van der Waals surface area contributed by atoms with Gasteiger partial charge in [0.05, 0.1) is 19.2 Å². The molecule has 0 saturated heterocycles. The zero-order valence-electron chi connectivity index (χ0n) is 13.0. The molecule has 0 fully saturated rings. The second kappa shape index (κ2) is 8.58. The third-order valence-electron chi connectivity index (χ3n) is 3.34. The van der Waals surface area contributed by atoms with E-state index in [2.05, 4.69) is 15.4 Å². The van der Waals surface area contributed by atoms with E-state index in [9.17, 15) is 9.59 Å². The first-order chi connectivity index (χ1) is 11.2. The van der Waals surface area contributed by atoms with Gasteiger partial charge in [-0.2, -0.15) is 0 Å². The molecule has 2 N–H and O–H groups in total.